The monoisotopic (exact) mass is 366 g/mol. The van der Waals surface area contributed by atoms with Crippen LogP contribution >= 0.6 is 0 Å². The molecular formula is C22H30N4O. The molecule has 5 heteroatoms. The molecule has 2 aromatic rings. The number of unbranched alkanes of at least 4 members (excludes halogenated alkanes) is 2. The van der Waals surface area contributed by atoms with E-state index in [1.165, 1.54) is 24.1 Å². The van der Waals surface area contributed by atoms with Crippen molar-refractivity contribution in [1.82, 2.24) is 9.88 Å². The first kappa shape index (κ1) is 19.2. The van der Waals surface area contributed by atoms with E-state index in [2.05, 4.69) is 53.3 Å². The van der Waals surface area contributed by atoms with Crippen molar-refractivity contribution in [3.05, 3.63) is 53.9 Å². The third-order valence-corrected chi connectivity index (χ3v) is 5.03. The van der Waals surface area contributed by atoms with Crippen molar-refractivity contribution in [2.24, 2.45) is 0 Å². The van der Waals surface area contributed by atoms with Crippen molar-refractivity contribution >= 4 is 17.3 Å². The van der Waals surface area contributed by atoms with Crippen LogP contribution in [0.4, 0.5) is 11.4 Å². The molecule has 144 valence electrons. The van der Waals surface area contributed by atoms with Gasteiger partial charge in [0.1, 0.15) is 0 Å². The molecule has 5 nitrogen and oxygen atoms in total. The zero-order valence-corrected chi connectivity index (χ0v) is 16.4. The van der Waals surface area contributed by atoms with Crippen molar-refractivity contribution in [1.29, 1.82) is 0 Å². The minimum absolute atomic E-state index is 0.0728. The van der Waals surface area contributed by atoms with Crippen molar-refractivity contribution < 1.29 is 4.79 Å². The van der Waals surface area contributed by atoms with Gasteiger partial charge in [-0.25, -0.2) is 0 Å². The first-order valence-electron chi connectivity index (χ1n) is 9.97. The number of hydrogen-bond acceptors (Lipinski definition) is 4. The van der Waals surface area contributed by atoms with Crippen LogP contribution in [-0.2, 0) is 0 Å². The summed E-state index contributed by atoms with van der Waals surface area (Å²) in [6, 6.07) is 10.5. The molecule has 27 heavy (non-hydrogen) atoms. The lowest BCUT2D eigenvalue weighted by Crippen LogP contribution is -2.48. The number of aromatic nitrogens is 1. The van der Waals surface area contributed by atoms with Gasteiger partial charge in [-0.05, 0) is 37.1 Å². The zero-order chi connectivity index (χ0) is 19.1. The molecule has 1 fully saturated rings. The van der Waals surface area contributed by atoms with Crippen LogP contribution in [0, 0.1) is 6.92 Å². The molecule has 1 aliphatic heterocycles. The smallest absolute Gasteiger partial charge is 0.255 e. The van der Waals surface area contributed by atoms with Gasteiger partial charge in [-0.1, -0.05) is 31.9 Å². The van der Waals surface area contributed by atoms with Gasteiger partial charge in [0.15, 0.2) is 0 Å². The lowest BCUT2D eigenvalue weighted by molar-refractivity contribution is 0.0746. The topological polar surface area (TPSA) is 48.5 Å². The van der Waals surface area contributed by atoms with Gasteiger partial charge in [0.2, 0.25) is 0 Å². The minimum atomic E-state index is 0.0728. The van der Waals surface area contributed by atoms with Crippen LogP contribution in [0.5, 0.6) is 0 Å². The van der Waals surface area contributed by atoms with Crippen LogP contribution in [0.3, 0.4) is 0 Å². The molecule has 0 bridgehead atoms. The van der Waals surface area contributed by atoms with E-state index in [0.29, 0.717) is 5.56 Å². The van der Waals surface area contributed by atoms with E-state index in [1.807, 2.05) is 11.0 Å². The Balaban J connectivity index is 1.56. The molecule has 1 saturated heterocycles. The predicted octanol–water partition coefficient (Wildman–Crippen LogP) is 3.95. The summed E-state index contributed by atoms with van der Waals surface area (Å²) in [6.45, 7) is 8.42. The highest BCUT2D eigenvalue weighted by atomic mass is 16.2. The summed E-state index contributed by atoms with van der Waals surface area (Å²) in [5.74, 6) is 0.0728. The number of amides is 1. The third kappa shape index (κ3) is 5.22. The number of pyridine rings is 1. The molecular weight excluding hydrogens is 336 g/mol. The standard InChI is InChI=1S/C22H30N4O/c1-3-4-5-9-24-20-15-19(16-23-17-20)22(27)26-12-10-25(11-13-26)21-8-6-7-18(2)14-21/h6-8,14-17,24H,3-5,9-13H2,1-2H3. The SMILES string of the molecule is CCCCCNc1cncc(C(=O)N2CCN(c3cccc(C)c3)CC2)c1. The third-order valence-electron chi connectivity index (χ3n) is 5.03. The fourth-order valence-corrected chi connectivity index (χ4v) is 3.44. The summed E-state index contributed by atoms with van der Waals surface area (Å²) >= 11 is 0. The summed E-state index contributed by atoms with van der Waals surface area (Å²) in [6.07, 6.45) is 7.01. The summed E-state index contributed by atoms with van der Waals surface area (Å²) in [5.41, 5.74) is 4.09. The highest BCUT2D eigenvalue weighted by Gasteiger charge is 2.22. The second-order valence-corrected chi connectivity index (χ2v) is 7.21. The molecule has 1 N–H and O–H groups in total. The van der Waals surface area contributed by atoms with Gasteiger partial charge < -0.3 is 15.1 Å². The van der Waals surface area contributed by atoms with E-state index in [-0.39, 0.29) is 5.91 Å². The Hall–Kier alpha value is -2.56. The maximum atomic E-state index is 12.9. The van der Waals surface area contributed by atoms with Crippen molar-refractivity contribution in [2.45, 2.75) is 33.1 Å². The number of piperazine rings is 1. The second kappa shape index (κ2) is 9.40. The minimum Gasteiger partial charge on any atom is -0.384 e. The Kier molecular flexibility index (Phi) is 6.69. The first-order valence-corrected chi connectivity index (χ1v) is 9.97. The highest BCUT2D eigenvalue weighted by molar-refractivity contribution is 5.95. The maximum absolute atomic E-state index is 12.9. The van der Waals surface area contributed by atoms with Gasteiger partial charge in [0.05, 0.1) is 11.3 Å². The Morgan fingerprint density at radius 2 is 1.93 bits per heavy atom. The van der Waals surface area contributed by atoms with Gasteiger partial charge in [0.25, 0.3) is 5.91 Å². The van der Waals surface area contributed by atoms with Gasteiger partial charge in [-0.15, -0.1) is 0 Å². The molecule has 2 heterocycles. The van der Waals surface area contributed by atoms with Crippen LogP contribution < -0.4 is 10.2 Å². The summed E-state index contributed by atoms with van der Waals surface area (Å²) in [7, 11) is 0. The number of anilines is 2. The molecule has 0 saturated carbocycles. The van der Waals surface area contributed by atoms with Gasteiger partial charge >= 0.3 is 0 Å². The van der Waals surface area contributed by atoms with Crippen LogP contribution in [0.25, 0.3) is 0 Å². The van der Waals surface area contributed by atoms with Crippen molar-refractivity contribution in [3.63, 3.8) is 0 Å². The van der Waals surface area contributed by atoms with E-state index in [9.17, 15) is 4.79 Å². The lowest BCUT2D eigenvalue weighted by atomic mass is 10.1. The van der Waals surface area contributed by atoms with Gasteiger partial charge in [0, 0.05) is 50.8 Å². The quantitative estimate of drug-likeness (QED) is 0.754. The van der Waals surface area contributed by atoms with Crippen LogP contribution in [-0.4, -0.2) is 48.5 Å². The number of hydrogen-bond donors (Lipinski definition) is 1. The Morgan fingerprint density at radius 1 is 1.11 bits per heavy atom. The Labute approximate surface area is 162 Å². The van der Waals surface area contributed by atoms with Crippen LogP contribution in [0.1, 0.15) is 42.1 Å². The van der Waals surface area contributed by atoms with E-state index in [4.69, 9.17) is 0 Å². The summed E-state index contributed by atoms with van der Waals surface area (Å²) in [5, 5.41) is 3.37. The van der Waals surface area contributed by atoms with Gasteiger partial charge in [-0.3, -0.25) is 9.78 Å². The largest absolute Gasteiger partial charge is 0.384 e. The van der Waals surface area contributed by atoms with E-state index < -0.39 is 0 Å². The predicted molar refractivity (Wildman–Crippen MR) is 112 cm³/mol. The van der Waals surface area contributed by atoms with E-state index >= 15 is 0 Å². The normalized spacial score (nSPS) is 14.3. The zero-order valence-electron chi connectivity index (χ0n) is 16.4. The molecule has 1 aromatic heterocycles. The fourth-order valence-electron chi connectivity index (χ4n) is 3.44. The van der Waals surface area contributed by atoms with Crippen molar-refractivity contribution in [3.8, 4) is 0 Å². The molecule has 1 amide bonds. The van der Waals surface area contributed by atoms with E-state index in [1.54, 1.807) is 12.4 Å². The number of rotatable bonds is 7. The highest BCUT2D eigenvalue weighted by Crippen LogP contribution is 2.19. The summed E-state index contributed by atoms with van der Waals surface area (Å²) < 4.78 is 0. The van der Waals surface area contributed by atoms with E-state index in [0.717, 1.165) is 44.8 Å². The number of aryl methyl sites for hydroxylation is 1. The summed E-state index contributed by atoms with van der Waals surface area (Å²) in [4.78, 5) is 21.4. The average Bonchev–Trinajstić information content (AvgIpc) is 2.71. The molecule has 0 unspecified atom stereocenters. The fraction of sp³-hybridized carbons (Fsp3) is 0.455. The van der Waals surface area contributed by atoms with Crippen LogP contribution in [0.2, 0.25) is 0 Å². The number of nitrogens with one attached hydrogen (secondary N) is 1. The van der Waals surface area contributed by atoms with Crippen molar-refractivity contribution in [2.75, 3.05) is 42.9 Å². The van der Waals surface area contributed by atoms with Crippen LogP contribution in [0.15, 0.2) is 42.7 Å². The Bertz CT molecular complexity index is 753. The molecule has 0 radical (unpaired) electrons. The first-order chi connectivity index (χ1) is 13.2. The molecule has 0 atom stereocenters. The number of carbonyl (C=O) groups excluding carboxylic acids is 1. The molecule has 3 rings (SSSR count). The molecule has 1 aromatic carbocycles. The molecule has 0 spiro atoms. The molecule has 0 aliphatic carbocycles. The number of nitrogens with zero attached hydrogens (tertiary/aromatic N) is 3. The molecule has 1 aliphatic rings. The average molecular weight is 367 g/mol. The van der Waals surface area contributed by atoms with Gasteiger partial charge in [-0.2, -0.15) is 0 Å². The Morgan fingerprint density at radius 3 is 2.67 bits per heavy atom. The lowest BCUT2D eigenvalue weighted by Gasteiger charge is -2.36. The second-order valence-electron chi connectivity index (χ2n) is 7.21. The maximum Gasteiger partial charge on any atom is 0.255 e. The number of benzene rings is 1. The number of carbonyl (C=O) groups is 1.